The summed E-state index contributed by atoms with van der Waals surface area (Å²) in [5, 5.41) is 8.04. The van der Waals surface area contributed by atoms with Crippen molar-refractivity contribution in [3.63, 3.8) is 0 Å². The lowest BCUT2D eigenvalue weighted by molar-refractivity contribution is -0.117. The Morgan fingerprint density at radius 3 is 2.87 bits per heavy atom. The van der Waals surface area contributed by atoms with Crippen LogP contribution in [-0.4, -0.2) is 26.7 Å². The molecule has 0 aliphatic heterocycles. The van der Waals surface area contributed by atoms with E-state index in [2.05, 4.69) is 15.4 Å². The van der Waals surface area contributed by atoms with Crippen molar-refractivity contribution in [3.8, 4) is 0 Å². The van der Waals surface area contributed by atoms with Crippen LogP contribution in [0.25, 0.3) is 10.9 Å². The highest BCUT2D eigenvalue weighted by atomic mass is 35.5. The number of nitrogens with zero attached hydrogens (tertiary/aromatic N) is 2. The first-order valence-corrected chi connectivity index (χ1v) is 7.16. The van der Waals surface area contributed by atoms with Crippen LogP contribution >= 0.6 is 12.4 Å². The fraction of sp³-hybridized carbons (Fsp3) is 0.250. The Bertz CT molecular complexity index is 823. The summed E-state index contributed by atoms with van der Waals surface area (Å²) in [5.74, 6) is -0.207. The second-order valence-corrected chi connectivity index (χ2v) is 5.43. The minimum absolute atomic E-state index is 0. The minimum atomic E-state index is -0.612. The number of halogens is 1. The van der Waals surface area contributed by atoms with Crippen LogP contribution < -0.4 is 11.1 Å². The first-order valence-electron chi connectivity index (χ1n) is 7.16. The van der Waals surface area contributed by atoms with Crippen molar-refractivity contribution in [3.05, 3.63) is 47.9 Å². The molecule has 0 bridgehead atoms. The van der Waals surface area contributed by atoms with Crippen LogP contribution in [0.3, 0.4) is 0 Å². The van der Waals surface area contributed by atoms with E-state index in [0.717, 1.165) is 22.2 Å². The molecule has 1 atom stereocenters. The van der Waals surface area contributed by atoms with E-state index < -0.39 is 6.04 Å². The number of H-pyrrole nitrogens is 1. The number of amides is 1. The van der Waals surface area contributed by atoms with E-state index in [4.69, 9.17) is 5.73 Å². The van der Waals surface area contributed by atoms with E-state index in [1.165, 1.54) is 0 Å². The molecule has 0 aliphatic carbocycles. The van der Waals surface area contributed by atoms with Crippen LogP contribution in [0.4, 0.5) is 5.69 Å². The third-order valence-corrected chi connectivity index (χ3v) is 3.94. The molecule has 2 heterocycles. The molecule has 1 aromatic carbocycles. The quantitative estimate of drug-likeness (QED) is 0.683. The number of nitrogens with one attached hydrogen (secondary N) is 2. The third-order valence-electron chi connectivity index (χ3n) is 3.94. The first-order chi connectivity index (χ1) is 10.6. The number of aromatic amines is 1. The van der Waals surface area contributed by atoms with Gasteiger partial charge in [-0.25, -0.2) is 0 Å². The number of fused-ring (bicyclic) bond motifs is 1. The molecular weight excluding hydrogens is 314 g/mol. The van der Waals surface area contributed by atoms with Crippen LogP contribution in [0.2, 0.25) is 0 Å². The number of carbonyl (C=O) groups excluding carboxylic acids is 1. The molecule has 0 saturated carbocycles. The number of anilines is 1. The molecule has 0 fully saturated rings. The highest BCUT2D eigenvalue weighted by Gasteiger charge is 2.17. The molecule has 0 spiro atoms. The predicted octanol–water partition coefficient (Wildman–Crippen LogP) is 2.14. The summed E-state index contributed by atoms with van der Waals surface area (Å²) < 4.78 is 1.71. The van der Waals surface area contributed by atoms with Crippen LogP contribution in [0.5, 0.6) is 0 Å². The molecule has 4 N–H and O–H groups in total. The van der Waals surface area contributed by atoms with Crippen molar-refractivity contribution in [1.29, 1.82) is 0 Å². The van der Waals surface area contributed by atoms with E-state index >= 15 is 0 Å². The van der Waals surface area contributed by atoms with Crippen molar-refractivity contribution < 1.29 is 4.79 Å². The monoisotopic (exact) mass is 333 g/mol. The number of carbonyl (C=O) groups is 1. The van der Waals surface area contributed by atoms with Gasteiger partial charge in [0.2, 0.25) is 5.91 Å². The number of nitrogens with two attached hydrogens (primary N) is 1. The topological polar surface area (TPSA) is 88.7 Å². The summed E-state index contributed by atoms with van der Waals surface area (Å²) in [4.78, 5) is 15.4. The van der Waals surface area contributed by atoms with Crippen molar-refractivity contribution in [2.45, 2.75) is 19.4 Å². The SMILES string of the molecule is Cc1c(NC(=O)[C@@H](N)Cc2c[nH]c3ccccc23)cnn1C.Cl. The molecule has 6 nitrogen and oxygen atoms in total. The van der Waals surface area contributed by atoms with E-state index in [0.29, 0.717) is 12.1 Å². The Hall–Kier alpha value is -2.31. The van der Waals surface area contributed by atoms with Crippen LogP contribution in [0.1, 0.15) is 11.3 Å². The lowest BCUT2D eigenvalue weighted by Gasteiger charge is -2.11. The van der Waals surface area contributed by atoms with Crippen LogP contribution in [0.15, 0.2) is 36.7 Å². The van der Waals surface area contributed by atoms with Crippen molar-refractivity contribution >= 4 is 34.9 Å². The van der Waals surface area contributed by atoms with Crippen molar-refractivity contribution in [2.24, 2.45) is 12.8 Å². The Kier molecular flexibility index (Phi) is 5.08. The molecule has 3 aromatic rings. The standard InChI is InChI=1S/C16H19N5O.ClH/c1-10-15(9-19-21(10)2)20-16(22)13(17)7-11-8-18-14-6-4-3-5-12(11)14;/h3-6,8-9,13,18H,7,17H2,1-2H3,(H,20,22);1H/t13-;/m0./s1. The van der Waals surface area contributed by atoms with E-state index in [1.807, 2.05) is 44.4 Å². The van der Waals surface area contributed by atoms with Crippen molar-refractivity contribution in [2.75, 3.05) is 5.32 Å². The smallest absolute Gasteiger partial charge is 0.241 e. The van der Waals surface area contributed by atoms with E-state index in [-0.39, 0.29) is 18.3 Å². The summed E-state index contributed by atoms with van der Waals surface area (Å²) in [5.41, 5.74) is 9.74. The zero-order chi connectivity index (χ0) is 15.7. The van der Waals surface area contributed by atoms with Gasteiger partial charge >= 0.3 is 0 Å². The van der Waals surface area contributed by atoms with Gasteiger partial charge in [-0.15, -0.1) is 12.4 Å². The highest BCUT2D eigenvalue weighted by molar-refractivity contribution is 5.95. The Balaban J connectivity index is 0.00000192. The van der Waals surface area contributed by atoms with Gasteiger partial charge < -0.3 is 16.0 Å². The average molecular weight is 334 g/mol. The van der Waals surface area contributed by atoms with Gasteiger partial charge in [0.1, 0.15) is 0 Å². The van der Waals surface area contributed by atoms with Gasteiger partial charge in [-0.3, -0.25) is 9.48 Å². The number of aromatic nitrogens is 3. The Labute approximate surface area is 140 Å². The molecule has 122 valence electrons. The average Bonchev–Trinajstić information content (AvgIpc) is 3.06. The van der Waals surface area contributed by atoms with Crippen LogP contribution in [0, 0.1) is 6.92 Å². The lowest BCUT2D eigenvalue weighted by atomic mass is 10.1. The molecule has 0 unspecified atom stereocenters. The van der Waals surface area contributed by atoms with Gasteiger partial charge in [0.25, 0.3) is 0 Å². The maximum absolute atomic E-state index is 12.3. The van der Waals surface area contributed by atoms with Gasteiger partial charge in [-0.1, -0.05) is 18.2 Å². The fourth-order valence-electron chi connectivity index (χ4n) is 2.48. The summed E-state index contributed by atoms with van der Waals surface area (Å²) in [6.07, 6.45) is 4.02. The largest absolute Gasteiger partial charge is 0.361 e. The second-order valence-electron chi connectivity index (χ2n) is 5.43. The van der Waals surface area contributed by atoms with Crippen molar-refractivity contribution in [1.82, 2.24) is 14.8 Å². The molecule has 3 rings (SSSR count). The second kappa shape index (κ2) is 6.85. The number of hydrogen-bond donors (Lipinski definition) is 3. The summed E-state index contributed by atoms with van der Waals surface area (Å²) in [6.45, 7) is 1.90. The molecule has 1 amide bonds. The normalized spacial score (nSPS) is 12.0. The molecule has 0 radical (unpaired) electrons. The molecule has 2 aromatic heterocycles. The Morgan fingerprint density at radius 1 is 1.43 bits per heavy atom. The molecular formula is C16H20ClN5O. The third kappa shape index (κ3) is 3.38. The van der Waals surface area contributed by atoms with Gasteiger partial charge in [-0.2, -0.15) is 5.10 Å². The summed E-state index contributed by atoms with van der Waals surface area (Å²) in [7, 11) is 1.83. The maximum Gasteiger partial charge on any atom is 0.241 e. The molecule has 0 saturated heterocycles. The van der Waals surface area contributed by atoms with Gasteiger partial charge in [0.05, 0.1) is 23.6 Å². The summed E-state index contributed by atoms with van der Waals surface area (Å²) >= 11 is 0. The lowest BCUT2D eigenvalue weighted by Crippen LogP contribution is -2.37. The minimum Gasteiger partial charge on any atom is -0.361 e. The molecule has 23 heavy (non-hydrogen) atoms. The number of rotatable bonds is 4. The Morgan fingerprint density at radius 2 is 2.17 bits per heavy atom. The molecule has 7 heteroatoms. The van der Waals surface area contributed by atoms with E-state index in [1.54, 1.807) is 10.9 Å². The number of hydrogen-bond acceptors (Lipinski definition) is 3. The highest BCUT2D eigenvalue weighted by Crippen LogP contribution is 2.19. The van der Waals surface area contributed by atoms with Crippen LogP contribution in [-0.2, 0) is 18.3 Å². The fourth-order valence-corrected chi connectivity index (χ4v) is 2.48. The summed E-state index contributed by atoms with van der Waals surface area (Å²) in [6, 6.07) is 7.37. The zero-order valence-corrected chi connectivity index (χ0v) is 13.9. The van der Waals surface area contributed by atoms with Gasteiger partial charge in [-0.05, 0) is 25.0 Å². The number of benzene rings is 1. The van der Waals surface area contributed by atoms with Gasteiger partial charge in [0, 0.05) is 24.1 Å². The predicted molar refractivity (Wildman–Crippen MR) is 93.8 cm³/mol. The number of para-hydroxylation sites is 1. The maximum atomic E-state index is 12.3. The molecule has 0 aliphatic rings. The van der Waals surface area contributed by atoms with Gasteiger partial charge in [0.15, 0.2) is 0 Å². The first kappa shape index (κ1) is 17.1. The zero-order valence-electron chi connectivity index (χ0n) is 13.0. The van der Waals surface area contributed by atoms with E-state index in [9.17, 15) is 4.79 Å². The number of aryl methyl sites for hydroxylation is 1.